The van der Waals surface area contributed by atoms with E-state index in [1.54, 1.807) is 13.0 Å². The van der Waals surface area contributed by atoms with Gasteiger partial charge < -0.3 is 20.4 Å². The zero-order valence-corrected chi connectivity index (χ0v) is 24.9. The van der Waals surface area contributed by atoms with Crippen molar-refractivity contribution < 1.29 is 34.8 Å². The predicted molar refractivity (Wildman–Crippen MR) is 155 cm³/mol. The normalized spacial score (nSPS) is 35.5. The van der Waals surface area contributed by atoms with Crippen LogP contribution in [-0.2, 0) is 14.4 Å². The largest absolute Gasteiger partial charge is 0.508 e. The Morgan fingerprint density at radius 1 is 1.10 bits per heavy atom. The summed E-state index contributed by atoms with van der Waals surface area (Å²) < 4.78 is 0. The molecule has 0 aromatic heterocycles. The third kappa shape index (κ3) is 3.50. The standard InChI is InChI=1S/C34H42O7/c1-16(2)26-28(37)24(18(4)35)30(39)34(41)31(40)27-29(38)25-21(13-10-14-23(25)36)22(15-17(3)20-11-8-9-12-20)32(27,6)19(5)33(26,34)7/h10,13-14,16,19-20,22,26,36,38-39,41H,3,8-9,11-12,15H2,1-2,4-7H3/t19-,22-,26?,32+,33-,34+/m1/s1. The number of Topliss-reactive ketones (excluding diaryl/α,β-unsaturated/α-hetero) is 3. The number of ketones is 3. The molecule has 0 spiro atoms. The zero-order valence-electron chi connectivity index (χ0n) is 24.9. The molecule has 0 bridgehead atoms. The van der Waals surface area contributed by atoms with Crippen LogP contribution in [0.15, 0.2) is 47.3 Å². The number of aliphatic hydroxyl groups is 3. The molecule has 4 aliphatic carbocycles. The van der Waals surface area contributed by atoms with Crippen LogP contribution in [0.2, 0.25) is 0 Å². The lowest BCUT2D eigenvalue weighted by Gasteiger charge is -2.65. The predicted octanol–water partition coefficient (Wildman–Crippen LogP) is 6.11. The summed E-state index contributed by atoms with van der Waals surface area (Å²) in [6, 6.07) is 5.00. The van der Waals surface area contributed by atoms with Crippen molar-refractivity contribution in [1.29, 1.82) is 0 Å². The second kappa shape index (κ2) is 9.41. The second-order valence-corrected chi connectivity index (χ2v) is 13.6. The maximum absolute atomic E-state index is 14.8. The van der Waals surface area contributed by atoms with Gasteiger partial charge >= 0.3 is 0 Å². The summed E-state index contributed by atoms with van der Waals surface area (Å²) in [7, 11) is 0. The van der Waals surface area contributed by atoms with Crippen LogP contribution < -0.4 is 0 Å². The van der Waals surface area contributed by atoms with Crippen molar-refractivity contribution in [3.8, 4) is 5.75 Å². The van der Waals surface area contributed by atoms with Crippen molar-refractivity contribution in [3.05, 3.63) is 58.4 Å². The highest BCUT2D eigenvalue weighted by Crippen LogP contribution is 2.71. The van der Waals surface area contributed by atoms with E-state index in [0.717, 1.165) is 38.2 Å². The van der Waals surface area contributed by atoms with Crippen LogP contribution in [0.4, 0.5) is 0 Å². The first-order valence-corrected chi connectivity index (χ1v) is 14.8. The SMILES string of the molecule is C=C(C[C@@H]1c2cccc(O)c2C(O)=C2C(=O)[C@@]3(O)C(O)=C(C(C)=O)C(=O)C(C(C)C)[C@@]3(C)[C@H](C)[C@]21C)C1CCCC1. The summed E-state index contributed by atoms with van der Waals surface area (Å²) in [5.74, 6) is -5.98. The number of aromatic hydroxyl groups is 1. The van der Waals surface area contributed by atoms with E-state index in [0.29, 0.717) is 17.9 Å². The van der Waals surface area contributed by atoms with Gasteiger partial charge in [-0.3, -0.25) is 14.4 Å². The van der Waals surface area contributed by atoms with E-state index in [-0.39, 0.29) is 22.8 Å². The van der Waals surface area contributed by atoms with Gasteiger partial charge in [0.2, 0.25) is 5.78 Å². The van der Waals surface area contributed by atoms with E-state index in [1.165, 1.54) is 6.07 Å². The molecule has 4 N–H and O–H groups in total. The van der Waals surface area contributed by atoms with Gasteiger partial charge in [-0.15, -0.1) is 0 Å². The first-order valence-electron chi connectivity index (χ1n) is 14.8. The number of hydrogen-bond donors (Lipinski definition) is 4. The molecular weight excluding hydrogens is 520 g/mol. The molecule has 1 aromatic rings. The molecule has 6 atom stereocenters. The molecule has 0 heterocycles. The minimum atomic E-state index is -2.64. The lowest BCUT2D eigenvalue weighted by atomic mass is 9.37. The third-order valence-electron chi connectivity index (χ3n) is 11.5. The molecule has 7 heteroatoms. The molecule has 1 aromatic carbocycles. The summed E-state index contributed by atoms with van der Waals surface area (Å²) in [5, 5.41) is 46.6. The molecule has 2 fully saturated rings. The maximum atomic E-state index is 14.8. The van der Waals surface area contributed by atoms with Crippen LogP contribution >= 0.6 is 0 Å². The number of phenolic OH excluding ortho intramolecular Hbond substituents is 1. The highest BCUT2D eigenvalue weighted by atomic mass is 16.3. The van der Waals surface area contributed by atoms with Crippen LogP contribution in [0.1, 0.15) is 90.7 Å². The van der Waals surface area contributed by atoms with Gasteiger partial charge in [0.05, 0.1) is 5.56 Å². The van der Waals surface area contributed by atoms with Crippen molar-refractivity contribution in [2.45, 2.75) is 85.2 Å². The fourth-order valence-corrected chi connectivity index (χ4v) is 9.22. The Kier molecular flexibility index (Phi) is 6.73. The van der Waals surface area contributed by atoms with Gasteiger partial charge in [0.1, 0.15) is 22.8 Å². The molecule has 220 valence electrons. The van der Waals surface area contributed by atoms with Crippen LogP contribution in [0.5, 0.6) is 5.75 Å². The van der Waals surface area contributed by atoms with Gasteiger partial charge in [0.25, 0.3) is 0 Å². The van der Waals surface area contributed by atoms with Crippen molar-refractivity contribution in [2.24, 2.45) is 34.5 Å². The molecule has 2 saturated carbocycles. The van der Waals surface area contributed by atoms with Gasteiger partial charge in [-0.1, -0.05) is 71.7 Å². The average molecular weight is 563 g/mol. The Morgan fingerprint density at radius 3 is 2.27 bits per heavy atom. The number of benzene rings is 1. The van der Waals surface area contributed by atoms with Crippen molar-refractivity contribution in [3.63, 3.8) is 0 Å². The van der Waals surface area contributed by atoms with Crippen molar-refractivity contribution >= 4 is 23.1 Å². The van der Waals surface area contributed by atoms with Crippen LogP contribution in [0.3, 0.4) is 0 Å². The maximum Gasteiger partial charge on any atom is 0.203 e. The minimum absolute atomic E-state index is 0.102. The van der Waals surface area contributed by atoms with E-state index in [9.17, 15) is 34.8 Å². The monoisotopic (exact) mass is 562 g/mol. The summed E-state index contributed by atoms with van der Waals surface area (Å²) in [6.07, 6.45) is 4.80. The molecule has 7 nitrogen and oxygen atoms in total. The topological polar surface area (TPSA) is 132 Å². The summed E-state index contributed by atoms with van der Waals surface area (Å²) in [5.41, 5.74) is -4.13. The Hall–Kier alpha value is -3.19. The smallest absolute Gasteiger partial charge is 0.203 e. The van der Waals surface area contributed by atoms with E-state index in [2.05, 4.69) is 6.58 Å². The molecule has 0 saturated heterocycles. The highest BCUT2D eigenvalue weighted by molar-refractivity contribution is 6.24. The molecule has 4 aliphatic rings. The fraction of sp³-hybridized carbons (Fsp3) is 0.559. The van der Waals surface area contributed by atoms with Crippen LogP contribution in [0, 0.1) is 34.5 Å². The quantitative estimate of drug-likeness (QED) is 0.251. The lowest BCUT2D eigenvalue weighted by Crippen LogP contribution is -2.73. The van der Waals surface area contributed by atoms with Gasteiger partial charge in [-0.05, 0) is 61.5 Å². The zero-order chi connectivity index (χ0) is 30.4. The van der Waals surface area contributed by atoms with Crippen molar-refractivity contribution in [1.82, 2.24) is 0 Å². The molecule has 0 aliphatic heterocycles. The molecule has 41 heavy (non-hydrogen) atoms. The van der Waals surface area contributed by atoms with Crippen molar-refractivity contribution in [2.75, 3.05) is 0 Å². The van der Waals surface area contributed by atoms with Gasteiger partial charge in [0.15, 0.2) is 17.2 Å². The van der Waals surface area contributed by atoms with Gasteiger partial charge in [-0.2, -0.15) is 0 Å². The second-order valence-electron chi connectivity index (χ2n) is 13.6. The highest BCUT2D eigenvalue weighted by Gasteiger charge is 2.76. The third-order valence-corrected chi connectivity index (χ3v) is 11.5. The fourth-order valence-electron chi connectivity index (χ4n) is 9.22. The molecule has 5 rings (SSSR count). The average Bonchev–Trinajstić information content (AvgIpc) is 3.43. The number of carbonyl (C=O) groups is 3. The number of carbonyl (C=O) groups excluding carboxylic acids is 3. The number of hydrogen-bond acceptors (Lipinski definition) is 7. The minimum Gasteiger partial charge on any atom is -0.508 e. The Morgan fingerprint density at radius 2 is 1.71 bits per heavy atom. The molecular formula is C34H42O7. The lowest BCUT2D eigenvalue weighted by molar-refractivity contribution is -0.196. The Balaban J connectivity index is 1.85. The summed E-state index contributed by atoms with van der Waals surface area (Å²) in [6.45, 7) is 14.6. The van der Waals surface area contributed by atoms with E-state index < -0.39 is 68.6 Å². The molecule has 0 radical (unpaired) electrons. The number of phenols is 1. The van der Waals surface area contributed by atoms with E-state index >= 15 is 0 Å². The van der Waals surface area contributed by atoms with Gasteiger partial charge in [-0.25, -0.2) is 0 Å². The van der Waals surface area contributed by atoms with E-state index in [4.69, 9.17) is 0 Å². The number of fused-ring (bicyclic) bond motifs is 3. The Labute approximate surface area is 241 Å². The first kappa shape index (κ1) is 29.3. The Bertz CT molecular complexity index is 1440. The number of allylic oxidation sites excluding steroid dienone is 2. The van der Waals surface area contributed by atoms with Crippen LogP contribution in [0.25, 0.3) is 5.76 Å². The van der Waals surface area contributed by atoms with Gasteiger partial charge in [0, 0.05) is 22.3 Å². The van der Waals surface area contributed by atoms with Crippen LogP contribution in [-0.4, -0.2) is 43.4 Å². The number of aliphatic hydroxyl groups excluding tert-OH is 2. The van der Waals surface area contributed by atoms with E-state index in [1.807, 2.05) is 33.8 Å². The summed E-state index contributed by atoms with van der Waals surface area (Å²) >= 11 is 0. The molecule has 1 unspecified atom stereocenters. The summed E-state index contributed by atoms with van der Waals surface area (Å²) in [4.78, 5) is 41.3. The first-order chi connectivity index (χ1) is 19.1. The molecule has 0 amide bonds. The number of rotatable bonds is 5.